The Morgan fingerprint density at radius 2 is 1.87 bits per heavy atom. The van der Waals surface area contributed by atoms with Crippen LogP contribution in [0.2, 0.25) is 0 Å². The summed E-state index contributed by atoms with van der Waals surface area (Å²) in [6.07, 6.45) is 3.97. The van der Waals surface area contributed by atoms with E-state index in [1.807, 2.05) is 30.3 Å². The zero-order valence-electron chi connectivity index (χ0n) is 17.0. The van der Waals surface area contributed by atoms with Gasteiger partial charge in [-0.15, -0.1) is 0 Å². The van der Waals surface area contributed by atoms with Crippen LogP contribution >= 0.6 is 0 Å². The number of hydrogen-bond donors (Lipinski definition) is 1. The van der Waals surface area contributed by atoms with Crippen LogP contribution in [0, 0.1) is 5.92 Å². The highest BCUT2D eigenvalue weighted by Crippen LogP contribution is 2.34. The maximum absolute atomic E-state index is 12.6. The van der Waals surface area contributed by atoms with Crippen LogP contribution in [-0.2, 0) is 11.2 Å². The van der Waals surface area contributed by atoms with Crippen molar-refractivity contribution in [3.63, 3.8) is 0 Å². The van der Waals surface area contributed by atoms with Crippen LogP contribution < -0.4 is 14.8 Å². The Morgan fingerprint density at radius 3 is 2.63 bits per heavy atom. The lowest BCUT2D eigenvalue weighted by Crippen LogP contribution is -2.32. The van der Waals surface area contributed by atoms with Crippen LogP contribution in [0.3, 0.4) is 0 Å². The number of aromatic nitrogens is 3. The monoisotopic (exact) mass is 408 g/mol. The number of amides is 1. The number of nitrogens with one attached hydrogen (secondary N) is 1. The van der Waals surface area contributed by atoms with Crippen molar-refractivity contribution in [2.24, 2.45) is 5.92 Å². The van der Waals surface area contributed by atoms with Gasteiger partial charge in [-0.25, -0.2) is 0 Å². The first-order valence-electron chi connectivity index (χ1n) is 10.0. The van der Waals surface area contributed by atoms with Crippen molar-refractivity contribution in [2.75, 3.05) is 13.2 Å². The summed E-state index contributed by atoms with van der Waals surface area (Å²) in [5.41, 5.74) is 1.81. The molecule has 0 fully saturated rings. The molecule has 1 aromatic carbocycles. The maximum Gasteiger partial charge on any atom is 0.227 e. The molecule has 1 aliphatic rings. The Bertz CT molecular complexity index is 1000. The molecule has 0 bridgehead atoms. The number of aryl methyl sites for hydroxylation is 1. The van der Waals surface area contributed by atoms with E-state index in [4.69, 9.17) is 14.0 Å². The first kappa shape index (κ1) is 19.9. The molecular weight excluding hydrogens is 384 g/mol. The lowest BCUT2D eigenvalue weighted by Gasteiger charge is -2.25. The highest BCUT2D eigenvalue weighted by molar-refractivity contribution is 5.76. The zero-order valence-corrected chi connectivity index (χ0v) is 17.0. The summed E-state index contributed by atoms with van der Waals surface area (Å²) in [6, 6.07) is 9.29. The van der Waals surface area contributed by atoms with E-state index in [2.05, 4.69) is 34.3 Å². The Hall–Kier alpha value is -3.42. The summed E-state index contributed by atoms with van der Waals surface area (Å²) < 4.78 is 16.5. The third kappa shape index (κ3) is 4.59. The van der Waals surface area contributed by atoms with Crippen LogP contribution in [0.25, 0.3) is 11.4 Å². The maximum atomic E-state index is 12.6. The summed E-state index contributed by atoms with van der Waals surface area (Å²) in [7, 11) is 0. The minimum atomic E-state index is -0.136. The van der Waals surface area contributed by atoms with Crippen LogP contribution in [-0.4, -0.2) is 34.2 Å². The topological polar surface area (TPSA) is 99.4 Å². The summed E-state index contributed by atoms with van der Waals surface area (Å²) in [5.74, 6) is 2.50. The second-order valence-corrected chi connectivity index (χ2v) is 7.44. The number of fused-ring (bicyclic) bond motifs is 1. The van der Waals surface area contributed by atoms with E-state index in [0.717, 1.165) is 16.9 Å². The highest BCUT2D eigenvalue weighted by Gasteiger charge is 2.22. The van der Waals surface area contributed by atoms with Crippen molar-refractivity contribution < 1.29 is 18.8 Å². The summed E-state index contributed by atoms with van der Waals surface area (Å²) >= 11 is 0. The number of hydrogen-bond acceptors (Lipinski definition) is 7. The van der Waals surface area contributed by atoms with Crippen LogP contribution in [0.15, 0.2) is 47.2 Å². The average Bonchev–Trinajstić information content (AvgIpc) is 3.25. The molecule has 0 saturated carbocycles. The van der Waals surface area contributed by atoms with Gasteiger partial charge in [0, 0.05) is 30.8 Å². The third-order valence-corrected chi connectivity index (χ3v) is 4.88. The number of benzene rings is 1. The molecule has 0 radical (unpaired) electrons. The zero-order chi connectivity index (χ0) is 20.9. The fraction of sp³-hybridized carbons (Fsp3) is 0.364. The molecule has 4 rings (SSSR count). The Balaban J connectivity index is 1.38. The summed E-state index contributed by atoms with van der Waals surface area (Å²) in [4.78, 5) is 20.9. The molecule has 0 spiro atoms. The average molecular weight is 408 g/mol. The van der Waals surface area contributed by atoms with Crippen LogP contribution in [0.4, 0.5) is 0 Å². The molecule has 1 N–H and O–H groups in total. The van der Waals surface area contributed by atoms with Gasteiger partial charge in [-0.05, 0) is 35.7 Å². The smallest absolute Gasteiger partial charge is 0.227 e. The second kappa shape index (κ2) is 8.94. The van der Waals surface area contributed by atoms with Gasteiger partial charge in [-0.1, -0.05) is 25.1 Å². The van der Waals surface area contributed by atoms with E-state index in [9.17, 15) is 4.79 Å². The van der Waals surface area contributed by atoms with E-state index in [1.54, 1.807) is 12.4 Å². The molecule has 156 valence electrons. The molecule has 3 aromatic rings. The van der Waals surface area contributed by atoms with E-state index in [0.29, 0.717) is 37.1 Å². The van der Waals surface area contributed by atoms with Crippen molar-refractivity contribution in [3.05, 3.63) is 54.2 Å². The van der Waals surface area contributed by atoms with E-state index < -0.39 is 0 Å². The SMILES string of the molecule is CC(C)C(NC(=O)CCc1nc(-c2ccncc2)no1)c1ccc2c(c1)OCCO2. The van der Waals surface area contributed by atoms with Crippen molar-refractivity contribution in [1.82, 2.24) is 20.4 Å². The van der Waals surface area contributed by atoms with Gasteiger partial charge in [0.15, 0.2) is 11.5 Å². The second-order valence-electron chi connectivity index (χ2n) is 7.44. The van der Waals surface area contributed by atoms with Gasteiger partial charge in [0.1, 0.15) is 13.2 Å². The number of carbonyl (C=O) groups is 1. The number of rotatable bonds is 7. The summed E-state index contributed by atoms with van der Waals surface area (Å²) in [6.45, 7) is 5.22. The Labute approximate surface area is 174 Å². The van der Waals surface area contributed by atoms with Crippen molar-refractivity contribution >= 4 is 5.91 Å². The predicted molar refractivity (Wildman–Crippen MR) is 109 cm³/mol. The molecule has 8 nitrogen and oxygen atoms in total. The molecule has 1 aliphatic heterocycles. The fourth-order valence-corrected chi connectivity index (χ4v) is 3.33. The van der Waals surface area contributed by atoms with Crippen molar-refractivity contribution in [1.29, 1.82) is 0 Å². The lowest BCUT2D eigenvalue weighted by molar-refractivity contribution is -0.122. The van der Waals surface area contributed by atoms with Gasteiger partial charge in [-0.3, -0.25) is 9.78 Å². The van der Waals surface area contributed by atoms with Gasteiger partial charge >= 0.3 is 0 Å². The molecule has 8 heteroatoms. The van der Waals surface area contributed by atoms with Gasteiger partial charge in [0.05, 0.1) is 6.04 Å². The lowest BCUT2D eigenvalue weighted by atomic mass is 9.95. The van der Waals surface area contributed by atoms with Crippen LogP contribution in [0.1, 0.15) is 37.8 Å². The third-order valence-electron chi connectivity index (χ3n) is 4.88. The number of nitrogens with zero attached hydrogens (tertiary/aromatic N) is 3. The van der Waals surface area contributed by atoms with Gasteiger partial charge < -0.3 is 19.3 Å². The van der Waals surface area contributed by atoms with E-state index in [1.165, 1.54) is 0 Å². The molecule has 1 atom stereocenters. The number of ether oxygens (including phenoxy) is 2. The molecule has 2 aromatic heterocycles. The molecule has 1 unspecified atom stereocenters. The van der Waals surface area contributed by atoms with Crippen LogP contribution in [0.5, 0.6) is 11.5 Å². The Kier molecular flexibility index (Phi) is 5.92. The first-order chi connectivity index (χ1) is 14.6. The van der Waals surface area contributed by atoms with Gasteiger partial charge in [0.2, 0.25) is 17.6 Å². The minimum absolute atomic E-state index is 0.0766. The molecule has 0 aliphatic carbocycles. The quantitative estimate of drug-likeness (QED) is 0.640. The fourth-order valence-electron chi connectivity index (χ4n) is 3.33. The van der Waals surface area contributed by atoms with E-state index >= 15 is 0 Å². The number of pyridine rings is 1. The first-order valence-corrected chi connectivity index (χ1v) is 10.0. The molecule has 0 saturated heterocycles. The van der Waals surface area contributed by atoms with Gasteiger partial charge in [0.25, 0.3) is 0 Å². The van der Waals surface area contributed by atoms with Gasteiger partial charge in [-0.2, -0.15) is 4.98 Å². The normalized spacial score (nSPS) is 13.8. The molecule has 30 heavy (non-hydrogen) atoms. The molecule has 3 heterocycles. The highest BCUT2D eigenvalue weighted by atomic mass is 16.6. The van der Waals surface area contributed by atoms with E-state index in [-0.39, 0.29) is 24.3 Å². The Morgan fingerprint density at radius 1 is 1.10 bits per heavy atom. The summed E-state index contributed by atoms with van der Waals surface area (Å²) in [5, 5.41) is 7.09. The minimum Gasteiger partial charge on any atom is -0.486 e. The standard InChI is InChI=1S/C22H24N4O4/c1-14(2)21(16-3-4-17-18(13-16)29-12-11-28-17)24-19(27)5-6-20-25-22(26-30-20)15-7-9-23-10-8-15/h3-4,7-10,13-14,21H,5-6,11-12H2,1-2H3,(H,24,27). The van der Waals surface area contributed by atoms with Crippen molar-refractivity contribution in [2.45, 2.75) is 32.7 Å². The van der Waals surface area contributed by atoms with Crippen molar-refractivity contribution in [3.8, 4) is 22.9 Å². The molecular formula is C22H24N4O4. The largest absolute Gasteiger partial charge is 0.486 e. The predicted octanol–water partition coefficient (Wildman–Crippen LogP) is 3.35. The molecule has 1 amide bonds. The number of carbonyl (C=O) groups excluding carboxylic acids is 1.